The number of benzene rings is 2. The molecule has 1 nitrogen and oxygen atoms in total. The molecule has 0 radical (unpaired) electrons. The third-order valence-electron chi connectivity index (χ3n) is 1.77. The topological polar surface area (TPSA) is 20.2 Å². The fourth-order valence-corrected chi connectivity index (χ4v) is 1.21. The standard InChI is InChI=1S/C10H8O.Na.H/c11-10-7-3-5-8-4-1-2-6-9(8)10;;/h1-7,11H;;/q;+1;-1. The Hall–Kier alpha value is -0.500. The van der Waals surface area contributed by atoms with E-state index in [1.165, 1.54) is 0 Å². The quantitative estimate of drug-likeness (QED) is 0.534. The summed E-state index contributed by atoms with van der Waals surface area (Å²) in [6.07, 6.45) is 0. The summed E-state index contributed by atoms with van der Waals surface area (Å²) in [4.78, 5) is 0. The largest absolute Gasteiger partial charge is 1.00 e. The van der Waals surface area contributed by atoms with Crippen LogP contribution in [0.15, 0.2) is 42.5 Å². The number of hydrogen-bond donors (Lipinski definition) is 1. The van der Waals surface area contributed by atoms with E-state index in [0.29, 0.717) is 5.75 Å². The summed E-state index contributed by atoms with van der Waals surface area (Å²) in [5, 5.41) is 11.4. The second-order valence-corrected chi connectivity index (χ2v) is 2.50. The molecule has 2 aromatic rings. The Morgan fingerprint density at radius 2 is 1.58 bits per heavy atom. The van der Waals surface area contributed by atoms with Crippen molar-refractivity contribution in [2.45, 2.75) is 0 Å². The molecule has 0 aliphatic rings. The molecule has 1 N–H and O–H groups in total. The molecule has 0 fully saturated rings. The van der Waals surface area contributed by atoms with Crippen LogP contribution in [0.4, 0.5) is 0 Å². The molecule has 0 heterocycles. The van der Waals surface area contributed by atoms with Gasteiger partial charge in [-0.25, -0.2) is 0 Å². The molecule has 12 heavy (non-hydrogen) atoms. The molecule has 0 saturated heterocycles. The third kappa shape index (κ3) is 1.63. The summed E-state index contributed by atoms with van der Waals surface area (Å²) in [6.45, 7) is 0. The zero-order chi connectivity index (χ0) is 7.68. The van der Waals surface area contributed by atoms with Crippen LogP contribution in [0.5, 0.6) is 5.75 Å². The molecule has 0 unspecified atom stereocenters. The number of hydrogen-bond acceptors (Lipinski definition) is 1. The second kappa shape index (κ2) is 3.94. The van der Waals surface area contributed by atoms with Crippen LogP contribution < -0.4 is 29.6 Å². The van der Waals surface area contributed by atoms with Crippen LogP contribution in [-0.4, -0.2) is 5.11 Å². The van der Waals surface area contributed by atoms with Crippen molar-refractivity contribution >= 4 is 10.8 Å². The Kier molecular flexibility index (Phi) is 3.15. The van der Waals surface area contributed by atoms with Crippen LogP contribution in [0.2, 0.25) is 0 Å². The maximum Gasteiger partial charge on any atom is 1.00 e. The minimum Gasteiger partial charge on any atom is -1.00 e. The Morgan fingerprint density at radius 3 is 2.33 bits per heavy atom. The van der Waals surface area contributed by atoms with Crippen molar-refractivity contribution in [1.82, 2.24) is 0 Å². The van der Waals surface area contributed by atoms with Crippen LogP contribution in [-0.2, 0) is 0 Å². The smallest absolute Gasteiger partial charge is 1.00 e. The summed E-state index contributed by atoms with van der Waals surface area (Å²) in [5.41, 5.74) is 0. The van der Waals surface area contributed by atoms with E-state index in [0.717, 1.165) is 10.8 Å². The molecular formula is C10H9NaO. The van der Waals surface area contributed by atoms with Gasteiger partial charge in [0.25, 0.3) is 0 Å². The maximum atomic E-state index is 9.37. The molecule has 0 bridgehead atoms. The summed E-state index contributed by atoms with van der Waals surface area (Å²) in [5.74, 6) is 0.350. The molecule has 0 spiro atoms. The van der Waals surface area contributed by atoms with E-state index in [2.05, 4.69) is 0 Å². The van der Waals surface area contributed by atoms with Crippen LogP contribution in [0, 0.1) is 0 Å². The molecule has 56 valence electrons. The van der Waals surface area contributed by atoms with E-state index in [1.54, 1.807) is 6.07 Å². The van der Waals surface area contributed by atoms with Gasteiger partial charge in [0.1, 0.15) is 5.75 Å². The van der Waals surface area contributed by atoms with Crippen molar-refractivity contribution in [3.8, 4) is 5.75 Å². The minimum atomic E-state index is 0. The van der Waals surface area contributed by atoms with Crippen molar-refractivity contribution < 1.29 is 36.1 Å². The number of aromatic hydroxyl groups is 1. The van der Waals surface area contributed by atoms with E-state index in [4.69, 9.17) is 0 Å². The van der Waals surface area contributed by atoms with Gasteiger partial charge in [0.05, 0.1) is 0 Å². The van der Waals surface area contributed by atoms with Gasteiger partial charge in [-0.2, -0.15) is 0 Å². The molecule has 2 heteroatoms. The first-order chi connectivity index (χ1) is 5.38. The van der Waals surface area contributed by atoms with E-state index in [1.807, 2.05) is 36.4 Å². The van der Waals surface area contributed by atoms with Gasteiger partial charge < -0.3 is 6.53 Å². The van der Waals surface area contributed by atoms with Crippen molar-refractivity contribution in [2.24, 2.45) is 0 Å². The van der Waals surface area contributed by atoms with Gasteiger partial charge in [-0.15, -0.1) is 0 Å². The molecule has 0 atom stereocenters. The van der Waals surface area contributed by atoms with Gasteiger partial charge in [0, 0.05) is 5.39 Å². The van der Waals surface area contributed by atoms with E-state index < -0.39 is 0 Å². The summed E-state index contributed by atoms with van der Waals surface area (Å²) in [7, 11) is 0. The molecule has 2 aromatic carbocycles. The normalized spacial score (nSPS) is 9.33. The van der Waals surface area contributed by atoms with E-state index in [-0.39, 0.29) is 31.0 Å². The Morgan fingerprint density at radius 1 is 0.917 bits per heavy atom. The number of phenolic OH excluding ortho intramolecular Hbond substituents is 1. The van der Waals surface area contributed by atoms with Crippen molar-refractivity contribution in [3.63, 3.8) is 0 Å². The summed E-state index contributed by atoms with van der Waals surface area (Å²) < 4.78 is 0. The fourth-order valence-electron chi connectivity index (χ4n) is 1.21. The second-order valence-electron chi connectivity index (χ2n) is 2.50. The number of rotatable bonds is 0. The minimum absolute atomic E-state index is 0. The van der Waals surface area contributed by atoms with Crippen LogP contribution in [0.25, 0.3) is 10.8 Å². The number of fused-ring (bicyclic) bond motifs is 1. The molecule has 0 saturated carbocycles. The van der Waals surface area contributed by atoms with Crippen molar-refractivity contribution in [1.29, 1.82) is 0 Å². The molecule has 0 aliphatic heterocycles. The predicted molar refractivity (Wildman–Crippen MR) is 46.7 cm³/mol. The van der Waals surface area contributed by atoms with Crippen LogP contribution in [0.1, 0.15) is 1.43 Å². The van der Waals surface area contributed by atoms with Gasteiger partial charge in [-0.1, -0.05) is 36.4 Å². The number of phenols is 1. The molecular weight excluding hydrogens is 159 g/mol. The first-order valence-corrected chi connectivity index (χ1v) is 3.54. The Balaban J connectivity index is 0.000000720. The van der Waals surface area contributed by atoms with Gasteiger partial charge in [-0.3, -0.25) is 0 Å². The Labute approximate surface area is 94.8 Å². The van der Waals surface area contributed by atoms with Gasteiger partial charge in [0.2, 0.25) is 0 Å². The first kappa shape index (κ1) is 9.59. The monoisotopic (exact) mass is 168 g/mol. The summed E-state index contributed by atoms with van der Waals surface area (Å²) >= 11 is 0. The average molecular weight is 168 g/mol. The summed E-state index contributed by atoms with van der Waals surface area (Å²) in [6, 6.07) is 13.3. The van der Waals surface area contributed by atoms with Gasteiger partial charge in [0.15, 0.2) is 0 Å². The SMILES string of the molecule is Oc1cccc2ccccc12.[H-].[Na+]. The average Bonchev–Trinajstić information content (AvgIpc) is 2.06. The predicted octanol–water partition coefficient (Wildman–Crippen LogP) is -0.338. The van der Waals surface area contributed by atoms with Gasteiger partial charge >= 0.3 is 29.6 Å². The van der Waals surface area contributed by atoms with E-state index >= 15 is 0 Å². The fraction of sp³-hybridized carbons (Fsp3) is 0. The van der Waals surface area contributed by atoms with Crippen LogP contribution >= 0.6 is 0 Å². The third-order valence-corrected chi connectivity index (χ3v) is 1.77. The van der Waals surface area contributed by atoms with Crippen LogP contribution in [0.3, 0.4) is 0 Å². The Bertz CT molecular complexity index is 384. The maximum absolute atomic E-state index is 9.37. The molecule has 0 amide bonds. The van der Waals surface area contributed by atoms with Gasteiger partial charge in [-0.05, 0) is 11.5 Å². The molecule has 0 aliphatic carbocycles. The van der Waals surface area contributed by atoms with Crippen molar-refractivity contribution in [2.75, 3.05) is 0 Å². The zero-order valence-electron chi connectivity index (χ0n) is 7.99. The molecule has 2 rings (SSSR count). The van der Waals surface area contributed by atoms with Crippen molar-refractivity contribution in [3.05, 3.63) is 42.5 Å². The first-order valence-electron chi connectivity index (χ1n) is 3.54. The molecule has 0 aromatic heterocycles. The van der Waals surface area contributed by atoms with E-state index in [9.17, 15) is 5.11 Å². The zero-order valence-corrected chi connectivity index (χ0v) is 8.99.